The van der Waals surface area contributed by atoms with Crippen LogP contribution < -0.4 is 5.32 Å². The van der Waals surface area contributed by atoms with Gasteiger partial charge >= 0.3 is 0 Å². The molecule has 1 nitrogen and oxygen atoms in total. The van der Waals surface area contributed by atoms with Crippen LogP contribution in [-0.4, -0.2) is 6.54 Å². The lowest BCUT2D eigenvalue weighted by Crippen LogP contribution is -2.19. The molecule has 0 aliphatic rings. The second-order valence-corrected chi connectivity index (χ2v) is 4.50. The van der Waals surface area contributed by atoms with Gasteiger partial charge in [-0.25, -0.2) is 0 Å². The molecule has 0 spiro atoms. The smallest absolute Gasteiger partial charge is 0.0291 e. The predicted molar refractivity (Wildman–Crippen MR) is 71.6 cm³/mol. The Morgan fingerprint density at radius 2 is 1.69 bits per heavy atom. The van der Waals surface area contributed by atoms with Crippen LogP contribution in [0.4, 0.5) is 0 Å². The predicted octanol–water partition coefficient (Wildman–Crippen LogP) is 4.31. The first-order valence-corrected chi connectivity index (χ1v) is 6.63. The van der Waals surface area contributed by atoms with Gasteiger partial charge in [0.25, 0.3) is 0 Å². The van der Waals surface area contributed by atoms with Crippen molar-refractivity contribution in [3.05, 3.63) is 35.9 Å². The standard InChI is InChI=1S/C15H25N/c1-3-4-5-6-10-13-16-14(2)15-11-8-7-9-12-15/h7-9,11-12,14,16H,3-6,10,13H2,1-2H3. The van der Waals surface area contributed by atoms with Crippen LogP contribution in [0, 0.1) is 0 Å². The molecule has 1 aromatic carbocycles. The van der Waals surface area contributed by atoms with Crippen molar-refractivity contribution in [3.8, 4) is 0 Å². The van der Waals surface area contributed by atoms with E-state index in [0.29, 0.717) is 6.04 Å². The normalized spacial score (nSPS) is 12.6. The highest BCUT2D eigenvalue weighted by Crippen LogP contribution is 2.11. The summed E-state index contributed by atoms with van der Waals surface area (Å²) in [5.41, 5.74) is 1.39. The Morgan fingerprint density at radius 3 is 2.38 bits per heavy atom. The van der Waals surface area contributed by atoms with Crippen molar-refractivity contribution in [2.45, 2.75) is 52.0 Å². The highest BCUT2D eigenvalue weighted by Gasteiger charge is 2.02. The molecule has 0 heterocycles. The van der Waals surface area contributed by atoms with Crippen LogP contribution in [0.5, 0.6) is 0 Å². The van der Waals surface area contributed by atoms with E-state index in [4.69, 9.17) is 0 Å². The molecule has 0 saturated carbocycles. The lowest BCUT2D eigenvalue weighted by atomic mass is 10.1. The fourth-order valence-electron chi connectivity index (χ4n) is 1.91. The van der Waals surface area contributed by atoms with Crippen molar-refractivity contribution < 1.29 is 0 Å². The van der Waals surface area contributed by atoms with Crippen LogP contribution in [0.1, 0.15) is 57.6 Å². The Kier molecular flexibility index (Phi) is 6.91. The number of unbranched alkanes of at least 4 members (excludes halogenated alkanes) is 4. The summed E-state index contributed by atoms with van der Waals surface area (Å²) in [6.45, 7) is 5.64. The molecule has 1 unspecified atom stereocenters. The zero-order valence-corrected chi connectivity index (χ0v) is 10.7. The fourth-order valence-corrected chi connectivity index (χ4v) is 1.91. The molecule has 0 bridgehead atoms. The minimum absolute atomic E-state index is 0.479. The Balaban J connectivity index is 2.09. The number of hydrogen-bond acceptors (Lipinski definition) is 1. The van der Waals surface area contributed by atoms with Gasteiger partial charge in [-0.3, -0.25) is 0 Å². The van der Waals surface area contributed by atoms with E-state index in [1.807, 2.05) is 0 Å². The van der Waals surface area contributed by atoms with Crippen LogP contribution in [0.2, 0.25) is 0 Å². The van der Waals surface area contributed by atoms with E-state index < -0.39 is 0 Å². The van der Waals surface area contributed by atoms with Gasteiger partial charge in [0.05, 0.1) is 0 Å². The second-order valence-electron chi connectivity index (χ2n) is 4.50. The molecule has 90 valence electrons. The fraction of sp³-hybridized carbons (Fsp3) is 0.600. The van der Waals surface area contributed by atoms with E-state index >= 15 is 0 Å². The lowest BCUT2D eigenvalue weighted by molar-refractivity contribution is 0.531. The van der Waals surface area contributed by atoms with Gasteiger partial charge in [-0.15, -0.1) is 0 Å². The maximum absolute atomic E-state index is 3.58. The van der Waals surface area contributed by atoms with Gasteiger partial charge in [0, 0.05) is 6.04 Å². The Bertz CT molecular complexity index is 255. The lowest BCUT2D eigenvalue weighted by Gasteiger charge is -2.13. The van der Waals surface area contributed by atoms with Crippen LogP contribution in [-0.2, 0) is 0 Å². The number of rotatable bonds is 8. The topological polar surface area (TPSA) is 12.0 Å². The molecular formula is C15H25N. The third kappa shape index (κ3) is 5.32. The van der Waals surface area contributed by atoms with E-state index in [2.05, 4.69) is 49.5 Å². The Hall–Kier alpha value is -0.820. The summed E-state index contributed by atoms with van der Waals surface area (Å²) in [5.74, 6) is 0. The van der Waals surface area contributed by atoms with Crippen LogP contribution in [0.3, 0.4) is 0 Å². The average Bonchev–Trinajstić information content (AvgIpc) is 2.34. The summed E-state index contributed by atoms with van der Waals surface area (Å²) in [5, 5.41) is 3.58. The SMILES string of the molecule is CCCCCCCNC(C)c1ccccc1. The molecule has 1 rings (SSSR count). The average molecular weight is 219 g/mol. The minimum atomic E-state index is 0.479. The van der Waals surface area contributed by atoms with Gasteiger partial charge in [-0.05, 0) is 25.5 Å². The van der Waals surface area contributed by atoms with Gasteiger partial charge in [0.2, 0.25) is 0 Å². The molecular weight excluding hydrogens is 194 g/mol. The Labute approximate surface area is 100 Å². The van der Waals surface area contributed by atoms with Gasteiger partial charge in [0.1, 0.15) is 0 Å². The molecule has 0 radical (unpaired) electrons. The van der Waals surface area contributed by atoms with Crippen molar-refractivity contribution in [2.24, 2.45) is 0 Å². The van der Waals surface area contributed by atoms with Crippen molar-refractivity contribution >= 4 is 0 Å². The summed E-state index contributed by atoms with van der Waals surface area (Å²) in [6, 6.07) is 11.1. The van der Waals surface area contributed by atoms with Gasteiger partial charge in [-0.2, -0.15) is 0 Å². The van der Waals surface area contributed by atoms with Crippen molar-refractivity contribution in [2.75, 3.05) is 6.54 Å². The van der Waals surface area contributed by atoms with Crippen LogP contribution in [0.25, 0.3) is 0 Å². The first-order chi connectivity index (χ1) is 7.84. The van der Waals surface area contributed by atoms with Gasteiger partial charge in [0.15, 0.2) is 0 Å². The van der Waals surface area contributed by atoms with E-state index in [9.17, 15) is 0 Å². The zero-order valence-electron chi connectivity index (χ0n) is 10.7. The Morgan fingerprint density at radius 1 is 1.00 bits per heavy atom. The van der Waals surface area contributed by atoms with Crippen molar-refractivity contribution in [3.63, 3.8) is 0 Å². The molecule has 0 aromatic heterocycles. The molecule has 0 fully saturated rings. The highest BCUT2D eigenvalue weighted by molar-refractivity contribution is 5.17. The molecule has 0 amide bonds. The van der Waals surface area contributed by atoms with Crippen LogP contribution >= 0.6 is 0 Å². The zero-order chi connectivity index (χ0) is 11.6. The summed E-state index contributed by atoms with van der Waals surface area (Å²) < 4.78 is 0. The molecule has 1 heteroatoms. The monoisotopic (exact) mass is 219 g/mol. The number of nitrogens with one attached hydrogen (secondary N) is 1. The van der Waals surface area contributed by atoms with E-state index in [0.717, 1.165) is 6.54 Å². The minimum Gasteiger partial charge on any atom is -0.310 e. The molecule has 1 atom stereocenters. The molecule has 1 N–H and O–H groups in total. The first-order valence-electron chi connectivity index (χ1n) is 6.63. The van der Waals surface area contributed by atoms with Gasteiger partial charge in [-0.1, -0.05) is 62.9 Å². The maximum atomic E-state index is 3.58. The van der Waals surface area contributed by atoms with Gasteiger partial charge < -0.3 is 5.32 Å². The molecule has 16 heavy (non-hydrogen) atoms. The largest absolute Gasteiger partial charge is 0.310 e. The van der Waals surface area contributed by atoms with E-state index in [-0.39, 0.29) is 0 Å². The second kappa shape index (κ2) is 8.35. The van der Waals surface area contributed by atoms with E-state index in [1.165, 1.54) is 37.7 Å². The summed E-state index contributed by atoms with van der Waals surface area (Å²) in [7, 11) is 0. The third-order valence-electron chi connectivity index (χ3n) is 3.03. The quantitative estimate of drug-likeness (QED) is 0.642. The first kappa shape index (κ1) is 13.2. The number of benzene rings is 1. The molecule has 0 aliphatic heterocycles. The molecule has 0 saturated heterocycles. The number of hydrogen-bond donors (Lipinski definition) is 1. The van der Waals surface area contributed by atoms with E-state index in [1.54, 1.807) is 0 Å². The summed E-state index contributed by atoms with van der Waals surface area (Å²) in [6.07, 6.45) is 6.76. The molecule has 1 aromatic rings. The van der Waals surface area contributed by atoms with Crippen LogP contribution in [0.15, 0.2) is 30.3 Å². The molecule has 0 aliphatic carbocycles. The maximum Gasteiger partial charge on any atom is 0.0291 e. The van der Waals surface area contributed by atoms with Crippen molar-refractivity contribution in [1.29, 1.82) is 0 Å². The van der Waals surface area contributed by atoms with Crippen molar-refractivity contribution in [1.82, 2.24) is 5.32 Å². The summed E-state index contributed by atoms with van der Waals surface area (Å²) in [4.78, 5) is 0. The third-order valence-corrected chi connectivity index (χ3v) is 3.03. The summed E-state index contributed by atoms with van der Waals surface area (Å²) >= 11 is 0. The highest BCUT2D eigenvalue weighted by atomic mass is 14.9.